The van der Waals surface area contributed by atoms with E-state index in [1.54, 1.807) is 16.7 Å². The number of rotatable bonds is 5. The first-order chi connectivity index (χ1) is 9.06. The van der Waals surface area contributed by atoms with Crippen LogP contribution in [-0.4, -0.2) is 41.4 Å². The molecule has 0 heterocycles. The fourth-order valence-corrected chi connectivity index (χ4v) is 3.28. The van der Waals surface area contributed by atoms with E-state index < -0.39 is 0 Å². The van der Waals surface area contributed by atoms with Crippen molar-refractivity contribution in [1.82, 2.24) is 4.90 Å². The number of thioether (sulfide) groups is 1. The van der Waals surface area contributed by atoms with Crippen molar-refractivity contribution in [2.75, 3.05) is 19.3 Å². The van der Waals surface area contributed by atoms with Crippen molar-refractivity contribution in [1.29, 1.82) is 0 Å². The summed E-state index contributed by atoms with van der Waals surface area (Å²) in [6.07, 6.45) is 1.53. The first-order valence-corrected chi connectivity index (χ1v) is 7.65. The summed E-state index contributed by atoms with van der Waals surface area (Å²) in [5.41, 5.74) is 1.21. The van der Waals surface area contributed by atoms with Gasteiger partial charge in [0.2, 0.25) is 5.91 Å². The Kier molecular flexibility index (Phi) is 4.88. The Labute approximate surface area is 119 Å². The van der Waals surface area contributed by atoms with Crippen molar-refractivity contribution in [3.63, 3.8) is 0 Å². The van der Waals surface area contributed by atoms with Gasteiger partial charge in [-0.3, -0.25) is 4.79 Å². The molecule has 1 N–H and O–H groups in total. The third-order valence-corrected chi connectivity index (χ3v) is 4.77. The summed E-state index contributed by atoms with van der Waals surface area (Å²) in [5, 5.41) is 9.24. The van der Waals surface area contributed by atoms with E-state index in [9.17, 15) is 9.90 Å². The summed E-state index contributed by atoms with van der Waals surface area (Å²) in [6.45, 7) is 2.83. The lowest BCUT2D eigenvalue weighted by molar-refractivity contribution is -0.128. The summed E-state index contributed by atoms with van der Waals surface area (Å²) in [4.78, 5) is 15.0. The van der Waals surface area contributed by atoms with Gasteiger partial charge in [0.05, 0.1) is 11.9 Å². The van der Waals surface area contributed by atoms with Crippen LogP contribution in [0.4, 0.5) is 0 Å². The van der Waals surface area contributed by atoms with Gasteiger partial charge in [-0.25, -0.2) is 0 Å². The minimum atomic E-state index is -0.144. The van der Waals surface area contributed by atoms with Gasteiger partial charge in [0.1, 0.15) is 0 Å². The van der Waals surface area contributed by atoms with Gasteiger partial charge < -0.3 is 10.0 Å². The summed E-state index contributed by atoms with van der Waals surface area (Å²) >= 11 is 1.60. The second-order valence-corrected chi connectivity index (χ2v) is 6.34. The third kappa shape index (κ3) is 3.98. The normalized spacial score (nSPS) is 21.8. The second-order valence-electron chi connectivity index (χ2n) is 5.32. The molecular formula is C15H21NO2S. The number of aliphatic hydroxyl groups excluding tert-OH is 1. The van der Waals surface area contributed by atoms with E-state index in [0.717, 1.165) is 19.4 Å². The minimum Gasteiger partial charge on any atom is -0.393 e. The van der Waals surface area contributed by atoms with E-state index in [1.807, 2.05) is 19.2 Å². The number of carbonyl (C=O) groups is 1. The minimum absolute atomic E-state index is 0.144. The van der Waals surface area contributed by atoms with E-state index in [4.69, 9.17) is 0 Å². The number of carbonyl (C=O) groups excluding carboxylic acids is 1. The Balaban J connectivity index is 1.76. The van der Waals surface area contributed by atoms with Crippen LogP contribution in [0.1, 0.15) is 18.4 Å². The molecular weight excluding hydrogens is 258 g/mol. The van der Waals surface area contributed by atoms with E-state index in [2.05, 4.69) is 19.1 Å². The van der Waals surface area contributed by atoms with Crippen molar-refractivity contribution in [2.24, 2.45) is 5.92 Å². The maximum absolute atomic E-state index is 12.0. The quantitative estimate of drug-likeness (QED) is 0.841. The molecule has 1 aliphatic carbocycles. The molecule has 1 amide bonds. The Hall–Kier alpha value is -1.00. The third-order valence-electron chi connectivity index (χ3n) is 3.61. The molecule has 0 atom stereocenters. The summed E-state index contributed by atoms with van der Waals surface area (Å²) in [6, 6.07) is 8.12. The molecule has 0 saturated heterocycles. The molecule has 1 aromatic carbocycles. The molecule has 104 valence electrons. The Morgan fingerprint density at radius 3 is 2.74 bits per heavy atom. The van der Waals surface area contributed by atoms with Crippen LogP contribution in [0.3, 0.4) is 0 Å². The number of amides is 1. The SMILES string of the molecule is Cc1ccccc1SCC(=O)N(C)CC1CC(O)C1. The largest absolute Gasteiger partial charge is 0.393 e. The molecule has 0 radical (unpaired) electrons. The highest BCUT2D eigenvalue weighted by molar-refractivity contribution is 8.00. The lowest BCUT2D eigenvalue weighted by Gasteiger charge is -2.34. The molecule has 19 heavy (non-hydrogen) atoms. The molecule has 1 aliphatic rings. The maximum Gasteiger partial charge on any atom is 0.232 e. The van der Waals surface area contributed by atoms with Gasteiger partial charge >= 0.3 is 0 Å². The lowest BCUT2D eigenvalue weighted by atomic mass is 9.82. The van der Waals surface area contributed by atoms with Crippen LogP contribution in [0, 0.1) is 12.8 Å². The lowest BCUT2D eigenvalue weighted by Crippen LogP contribution is -2.40. The Bertz CT molecular complexity index is 444. The number of hydrogen-bond donors (Lipinski definition) is 1. The van der Waals surface area contributed by atoms with Crippen LogP contribution >= 0.6 is 11.8 Å². The standard InChI is InChI=1S/C15H21NO2S/c1-11-5-3-4-6-14(11)19-10-15(18)16(2)9-12-7-13(17)8-12/h3-6,12-13,17H,7-10H2,1-2H3. The predicted molar refractivity (Wildman–Crippen MR) is 78.3 cm³/mol. The van der Waals surface area contributed by atoms with Gasteiger partial charge in [0.25, 0.3) is 0 Å². The van der Waals surface area contributed by atoms with Crippen LogP contribution in [0.25, 0.3) is 0 Å². The summed E-state index contributed by atoms with van der Waals surface area (Å²) in [5.74, 6) is 1.12. The highest BCUT2D eigenvalue weighted by atomic mass is 32.2. The fourth-order valence-electron chi connectivity index (χ4n) is 2.31. The topological polar surface area (TPSA) is 40.5 Å². The summed E-state index contributed by atoms with van der Waals surface area (Å²) < 4.78 is 0. The van der Waals surface area contributed by atoms with Crippen LogP contribution in [0.15, 0.2) is 29.2 Å². The number of nitrogens with zero attached hydrogens (tertiary/aromatic N) is 1. The highest BCUT2D eigenvalue weighted by Gasteiger charge is 2.28. The van der Waals surface area contributed by atoms with Crippen molar-refractivity contribution in [2.45, 2.75) is 30.8 Å². The first kappa shape index (κ1) is 14.4. The zero-order chi connectivity index (χ0) is 13.8. The van der Waals surface area contributed by atoms with Crippen LogP contribution in [-0.2, 0) is 4.79 Å². The van der Waals surface area contributed by atoms with Crippen molar-refractivity contribution >= 4 is 17.7 Å². The number of aliphatic hydroxyl groups is 1. The van der Waals surface area contributed by atoms with Gasteiger partial charge in [-0.1, -0.05) is 18.2 Å². The first-order valence-electron chi connectivity index (χ1n) is 6.66. The summed E-state index contributed by atoms with van der Waals surface area (Å²) in [7, 11) is 1.85. The molecule has 0 aliphatic heterocycles. The van der Waals surface area contributed by atoms with E-state index in [-0.39, 0.29) is 12.0 Å². The molecule has 1 fully saturated rings. The molecule has 2 rings (SSSR count). The number of aryl methyl sites for hydroxylation is 1. The van der Waals surface area contributed by atoms with Gasteiger partial charge in [0.15, 0.2) is 0 Å². The molecule has 3 nitrogen and oxygen atoms in total. The van der Waals surface area contributed by atoms with Crippen molar-refractivity contribution in [3.05, 3.63) is 29.8 Å². The van der Waals surface area contributed by atoms with Gasteiger partial charge in [0, 0.05) is 18.5 Å². The number of benzene rings is 1. The Morgan fingerprint density at radius 1 is 1.42 bits per heavy atom. The van der Waals surface area contributed by atoms with Crippen molar-refractivity contribution in [3.8, 4) is 0 Å². The molecule has 0 spiro atoms. The smallest absolute Gasteiger partial charge is 0.232 e. The molecule has 0 aromatic heterocycles. The van der Waals surface area contributed by atoms with E-state index in [0.29, 0.717) is 11.7 Å². The fraction of sp³-hybridized carbons (Fsp3) is 0.533. The number of hydrogen-bond acceptors (Lipinski definition) is 3. The zero-order valence-electron chi connectivity index (χ0n) is 11.5. The molecule has 1 aromatic rings. The zero-order valence-corrected chi connectivity index (χ0v) is 12.3. The van der Waals surface area contributed by atoms with Gasteiger partial charge in [-0.15, -0.1) is 11.8 Å². The van der Waals surface area contributed by atoms with Crippen molar-refractivity contribution < 1.29 is 9.90 Å². The second kappa shape index (κ2) is 6.44. The van der Waals surface area contributed by atoms with E-state index >= 15 is 0 Å². The van der Waals surface area contributed by atoms with Crippen LogP contribution < -0.4 is 0 Å². The Morgan fingerprint density at radius 2 is 2.11 bits per heavy atom. The monoisotopic (exact) mass is 279 g/mol. The molecule has 1 saturated carbocycles. The predicted octanol–water partition coefficient (Wildman–Crippen LogP) is 2.32. The van der Waals surface area contributed by atoms with Crippen LogP contribution in [0.5, 0.6) is 0 Å². The molecule has 0 bridgehead atoms. The van der Waals surface area contributed by atoms with Gasteiger partial charge in [-0.2, -0.15) is 0 Å². The van der Waals surface area contributed by atoms with E-state index in [1.165, 1.54) is 10.5 Å². The average Bonchev–Trinajstić information content (AvgIpc) is 2.35. The average molecular weight is 279 g/mol. The molecule has 4 heteroatoms. The molecule has 0 unspecified atom stereocenters. The van der Waals surface area contributed by atoms with Crippen LogP contribution in [0.2, 0.25) is 0 Å². The van der Waals surface area contributed by atoms with Gasteiger partial charge in [-0.05, 0) is 37.3 Å². The maximum atomic E-state index is 12.0. The highest BCUT2D eigenvalue weighted by Crippen LogP contribution is 2.28.